The van der Waals surface area contributed by atoms with Crippen LogP contribution >= 0.6 is 0 Å². The Bertz CT molecular complexity index is 216. The standard InChI is InChI=1S/C14H28N2O/c1-3-9-15-13-6-4-5-7-14(13)16(2)12-8-10-17-11-12/h12-15H,3-11H2,1-2H3. The number of nitrogens with one attached hydrogen (secondary N) is 1. The van der Waals surface area contributed by atoms with Gasteiger partial charge >= 0.3 is 0 Å². The summed E-state index contributed by atoms with van der Waals surface area (Å²) < 4.78 is 5.52. The van der Waals surface area contributed by atoms with Crippen molar-refractivity contribution in [2.75, 3.05) is 26.8 Å². The van der Waals surface area contributed by atoms with Gasteiger partial charge in [-0.15, -0.1) is 0 Å². The van der Waals surface area contributed by atoms with Crippen molar-refractivity contribution in [3.8, 4) is 0 Å². The van der Waals surface area contributed by atoms with Crippen molar-refractivity contribution in [1.29, 1.82) is 0 Å². The van der Waals surface area contributed by atoms with E-state index in [1.807, 2.05) is 0 Å². The van der Waals surface area contributed by atoms with E-state index in [-0.39, 0.29) is 0 Å². The summed E-state index contributed by atoms with van der Waals surface area (Å²) >= 11 is 0. The minimum atomic E-state index is 0.657. The van der Waals surface area contributed by atoms with Crippen LogP contribution in [0.15, 0.2) is 0 Å². The molecule has 1 aliphatic carbocycles. The van der Waals surface area contributed by atoms with Gasteiger partial charge in [-0.3, -0.25) is 4.90 Å². The highest BCUT2D eigenvalue weighted by atomic mass is 16.5. The minimum absolute atomic E-state index is 0.657. The molecule has 2 aliphatic rings. The molecule has 1 saturated carbocycles. The van der Waals surface area contributed by atoms with Crippen molar-refractivity contribution in [3.05, 3.63) is 0 Å². The van der Waals surface area contributed by atoms with Gasteiger partial charge in [0.1, 0.15) is 0 Å². The highest BCUT2D eigenvalue weighted by Gasteiger charge is 2.32. The molecular formula is C14H28N2O. The Kier molecular flexibility index (Phi) is 5.26. The fraction of sp³-hybridized carbons (Fsp3) is 1.00. The van der Waals surface area contributed by atoms with E-state index in [0.29, 0.717) is 12.1 Å². The maximum Gasteiger partial charge on any atom is 0.0622 e. The van der Waals surface area contributed by atoms with Gasteiger partial charge in [0.25, 0.3) is 0 Å². The number of rotatable bonds is 5. The topological polar surface area (TPSA) is 24.5 Å². The zero-order valence-corrected chi connectivity index (χ0v) is 11.5. The highest BCUT2D eigenvalue weighted by Crippen LogP contribution is 2.25. The van der Waals surface area contributed by atoms with E-state index >= 15 is 0 Å². The van der Waals surface area contributed by atoms with Crippen molar-refractivity contribution < 1.29 is 4.74 Å². The molecule has 0 aromatic heterocycles. The van der Waals surface area contributed by atoms with Crippen molar-refractivity contribution >= 4 is 0 Å². The molecule has 1 heterocycles. The lowest BCUT2D eigenvalue weighted by molar-refractivity contribution is 0.0916. The summed E-state index contributed by atoms with van der Waals surface area (Å²) in [6, 6.07) is 2.08. The molecule has 0 aromatic carbocycles. The number of nitrogens with zero attached hydrogens (tertiary/aromatic N) is 1. The third-order valence-electron chi connectivity index (χ3n) is 4.39. The van der Waals surface area contributed by atoms with E-state index in [1.165, 1.54) is 38.5 Å². The second-order valence-electron chi connectivity index (χ2n) is 5.60. The van der Waals surface area contributed by atoms with Crippen molar-refractivity contribution in [1.82, 2.24) is 10.2 Å². The lowest BCUT2D eigenvalue weighted by Gasteiger charge is -2.41. The Balaban J connectivity index is 1.89. The zero-order valence-electron chi connectivity index (χ0n) is 11.5. The van der Waals surface area contributed by atoms with E-state index in [0.717, 1.165) is 25.8 Å². The first kappa shape index (κ1) is 13.3. The number of likely N-dealkylation sites (N-methyl/N-ethyl adjacent to an activating group) is 1. The van der Waals surface area contributed by atoms with Gasteiger partial charge in [0.2, 0.25) is 0 Å². The van der Waals surface area contributed by atoms with Crippen LogP contribution in [0.1, 0.15) is 45.4 Å². The SMILES string of the molecule is CCCNC1CCCCC1N(C)C1CCOC1. The molecule has 0 aromatic rings. The molecule has 1 N–H and O–H groups in total. The van der Waals surface area contributed by atoms with E-state index in [4.69, 9.17) is 4.74 Å². The first-order valence-electron chi connectivity index (χ1n) is 7.36. The van der Waals surface area contributed by atoms with Gasteiger partial charge in [-0.25, -0.2) is 0 Å². The van der Waals surface area contributed by atoms with Gasteiger partial charge < -0.3 is 10.1 Å². The first-order valence-corrected chi connectivity index (χ1v) is 7.36. The highest BCUT2D eigenvalue weighted by molar-refractivity contribution is 4.90. The van der Waals surface area contributed by atoms with Crippen LogP contribution in [0.3, 0.4) is 0 Å². The summed E-state index contributed by atoms with van der Waals surface area (Å²) in [6.45, 7) is 5.30. The summed E-state index contributed by atoms with van der Waals surface area (Å²) in [7, 11) is 2.30. The Morgan fingerprint density at radius 1 is 1.24 bits per heavy atom. The van der Waals surface area contributed by atoms with Gasteiger partial charge in [0.15, 0.2) is 0 Å². The maximum absolute atomic E-state index is 5.52. The molecule has 3 unspecified atom stereocenters. The molecule has 2 rings (SSSR count). The smallest absolute Gasteiger partial charge is 0.0622 e. The van der Waals surface area contributed by atoms with Gasteiger partial charge in [-0.05, 0) is 39.3 Å². The van der Waals surface area contributed by atoms with Crippen LogP contribution in [0.5, 0.6) is 0 Å². The fourth-order valence-electron chi connectivity index (χ4n) is 3.28. The van der Waals surface area contributed by atoms with Gasteiger partial charge in [-0.2, -0.15) is 0 Å². The van der Waals surface area contributed by atoms with Crippen LogP contribution in [0, 0.1) is 0 Å². The fourth-order valence-corrected chi connectivity index (χ4v) is 3.28. The average Bonchev–Trinajstić information content (AvgIpc) is 2.89. The van der Waals surface area contributed by atoms with E-state index < -0.39 is 0 Å². The van der Waals surface area contributed by atoms with E-state index in [1.54, 1.807) is 0 Å². The van der Waals surface area contributed by atoms with Crippen molar-refractivity contribution in [3.63, 3.8) is 0 Å². The summed E-state index contributed by atoms with van der Waals surface area (Å²) in [5, 5.41) is 3.74. The third kappa shape index (κ3) is 3.43. The second kappa shape index (κ2) is 6.72. The molecule has 0 bridgehead atoms. The predicted molar refractivity (Wildman–Crippen MR) is 71.3 cm³/mol. The van der Waals surface area contributed by atoms with Crippen LogP contribution < -0.4 is 5.32 Å². The molecule has 3 atom stereocenters. The molecule has 0 radical (unpaired) electrons. The molecule has 17 heavy (non-hydrogen) atoms. The van der Waals surface area contributed by atoms with Crippen LogP contribution in [-0.2, 0) is 4.74 Å². The molecule has 1 saturated heterocycles. The minimum Gasteiger partial charge on any atom is -0.380 e. The lowest BCUT2D eigenvalue weighted by Crippen LogP contribution is -2.53. The summed E-state index contributed by atoms with van der Waals surface area (Å²) in [4.78, 5) is 2.60. The molecule has 100 valence electrons. The molecule has 2 fully saturated rings. The molecule has 0 spiro atoms. The molecule has 3 nitrogen and oxygen atoms in total. The number of ether oxygens (including phenoxy) is 1. The Hall–Kier alpha value is -0.120. The van der Waals surface area contributed by atoms with Crippen LogP contribution in [0.25, 0.3) is 0 Å². The van der Waals surface area contributed by atoms with E-state index in [9.17, 15) is 0 Å². The van der Waals surface area contributed by atoms with Gasteiger partial charge in [0.05, 0.1) is 6.61 Å². The summed E-state index contributed by atoms with van der Waals surface area (Å²) in [6.07, 6.45) is 7.95. The van der Waals surface area contributed by atoms with Crippen molar-refractivity contribution in [2.45, 2.75) is 63.6 Å². The molecule has 1 aliphatic heterocycles. The molecular weight excluding hydrogens is 212 g/mol. The Labute approximate surface area is 106 Å². The quantitative estimate of drug-likeness (QED) is 0.795. The van der Waals surface area contributed by atoms with E-state index in [2.05, 4.69) is 24.2 Å². The van der Waals surface area contributed by atoms with Gasteiger partial charge in [-0.1, -0.05) is 19.8 Å². The van der Waals surface area contributed by atoms with Crippen LogP contribution in [0.2, 0.25) is 0 Å². The largest absolute Gasteiger partial charge is 0.380 e. The monoisotopic (exact) mass is 240 g/mol. The van der Waals surface area contributed by atoms with Crippen LogP contribution in [-0.4, -0.2) is 49.8 Å². The van der Waals surface area contributed by atoms with Gasteiger partial charge in [0, 0.05) is 24.7 Å². The second-order valence-corrected chi connectivity index (χ2v) is 5.60. The Morgan fingerprint density at radius 3 is 2.76 bits per heavy atom. The normalized spacial score (nSPS) is 34.4. The summed E-state index contributed by atoms with van der Waals surface area (Å²) in [5.41, 5.74) is 0. The lowest BCUT2D eigenvalue weighted by atomic mass is 9.88. The number of hydrogen-bond acceptors (Lipinski definition) is 3. The predicted octanol–water partition coefficient (Wildman–Crippen LogP) is 2.02. The average molecular weight is 240 g/mol. The molecule has 3 heteroatoms. The van der Waals surface area contributed by atoms with Crippen LogP contribution in [0.4, 0.5) is 0 Å². The molecule has 0 amide bonds. The summed E-state index contributed by atoms with van der Waals surface area (Å²) in [5.74, 6) is 0. The maximum atomic E-state index is 5.52. The third-order valence-corrected chi connectivity index (χ3v) is 4.39. The number of hydrogen-bond donors (Lipinski definition) is 1. The van der Waals surface area contributed by atoms with Crippen molar-refractivity contribution in [2.24, 2.45) is 0 Å². The first-order chi connectivity index (χ1) is 8.33. The zero-order chi connectivity index (χ0) is 12.1. The Morgan fingerprint density at radius 2 is 2.06 bits per heavy atom.